The quantitative estimate of drug-likeness (QED) is 0.647. The molecule has 0 aliphatic heterocycles. The molecule has 126 valence electrons. The van der Waals surface area contributed by atoms with Crippen molar-refractivity contribution >= 4 is 0 Å². The van der Waals surface area contributed by atoms with Crippen molar-refractivity contribution in [3.63, 3.8) is 0 Å². The van der Waals surface area contributed by atoms with Crippen molar-refractivity contribution in [2.75, 3.05) is 13.9 Å². The lowest BCUT2D eigenvalue weighted by Crippen LogP contribution is -2.45. The van der Waals surface area contributed by atoms with Gasteiger partial charge in [-0.3, -0.25) is 0 Å². The van der Waals surface area contributed by atoms with E-state index in [0.717, 1.165) is 31.2 Å². The van der Waals surface area contributed by atoms with E-state index in [1.165, 1.54) is 5.57 Å². The fraction of sp³-hybridized carbons (Fsp3) is 0.579. The van der Waals surface area contributed by atoms with Crippen molar-refractivity contribution in [2.24, 2.45) is 5.41 Å². The summed E-state index contributed by atoms with van der Waals surface area (Å²) >= 11 is 0. The summed E-state index contributed by atoms with van der Waals surface area (Å²) < 4.78 is 11.3. The molecule has 0 heterocycles. The minimum atomic E-state index is -0.768. The van der Waals surface area contributed by atoms with Crippen molar-refractivity contribution in [3.05, 3.63) is 47.5 Å². The van der Waals surface area contributed by atoms with E-state index in [2.05, 4.69) is 12.1 Å². The summed E-state index contributed by atoms with van der Waals surface area (Å²) in [6.45, 7) is 0.216. The second-order valence-electron chi connectivity index (χ2n) is 6.68. The highest BCUT2D eigenvalue weighted by atomic mass is 16.7. The molecule has 0 saturated heterocycles. The van der Waals surface area contributed by atoms with Gasteiger partial charge in [0.2, 0.25) is 0 Å². The van der Waals surface area contributed by atoms with Gasteiger partial charge in [-0.25, -0.2) is 0 Å². The number of hydrogen-bond acceptors (Lipinski definition) is 4. The van der Waals surface area contributed by atoms with Crippen molar-refractivity contribution in [1.29, 1.82) is 0 Å². The number of benzene rings is 1. The lowest BCUT2D eigenvalue weighted by molar-refractivity contribution is -0.135. The zero-order valence-corrected chi connectivity index (χ0v) is 13.6. The highest BCUT2D eigenvalue weighted by molar-refractivity contribution is 5.31. The minimum Gasteiger partial charge on any atom is -0.390 e. The Balaban J connectivity index is 2.02. The van der Waals surface area contributed by atoms with Gasteiger partial charge in [0.05, 0.1) is 18.3 Å². The van der Waals surface area contributed by atoms with Crippen LogP contribution < -0.4 is 0 Å². The van der Waals surface area contributed by atoms with Crippen LogP contribution in [0, 0.1) is 5.41 Å². The maximum absolute atomic E-state index is 10.3. The van der Waals surface area contributed by atoms with E-state index in [1.54, 1.807) is 7.11 Å². The molecule has 1 aromatic rings. The molecule has 2 aliphatic rings. The van der Waals surface area contributed by atoms with Gasteiger partial charge in [0.25, 0.3) is 0 Å². The molecule has 4 nitrogen and oxygen atoms in total. The first-order valence-electron chi connectivity index (χ1n) is 8.40. The molecule has 0 amide bonds. The van der Waals surface area contributed by atoms with Crippen LogP contribution in [0.4, 0.5) is 0 Å². The lowest BCUT2D eigenvalue weighted by atomic mass is 9.59. The third kappa shape index (κ3) is 3.22. The van der Waals surface area contributed by atoms with Crippen molar-refractivity contribution in [2.45, 2.75) is 50.4 Å². The number of rotatable bonds is 5. The maximum atomic E-state index is 10.3. The van der Waals surface area contributed by atoms with Crippen molar-refractivity contribution < 1.29 is 19.7 Å². The van der Waals surface area contributed by atoms with Gasteiger partial charge in [-0.1, -0.05) is 48.4 Å². The second kappa shape index (κ2) is 7.14. The Morgan fingerprint density at radius 1 is 1.22 bits per heavy atom. The predicted octanol–water partition coefficient (Wildman–Crippen LogP) is 2.96. The van der Waals surface area contributed by atoms with Gasteiger partial charge in [0.1, 0.15) is 6.79 Å². The molecule has 0 radical (unpaired) electrons. The number of methoxy groups -OCH3 is 1. The molecule has 4 heteroatoms. The minimum absolute atomic E-state index is 0.169. The molecule has 0 aromatic heterocycles. The molecule has 4 atom stereocenters. The van der Waals surface area contributed by atoms with E-state index in [1.807, 2.05) is 24.3 Å². The Morgan fingerprint density at radius 3 is 2.74 bits per heavy atom. The summed E-state index contributed by atoms with van der Waals surface area (Å²) in [5, 5.41) is 20.4. The molecule has 3 rings (SSSR count). The van der Waals surface area contributed by atoms with Crippen molar-refractivity contribution in [3.8, 4) is 0 Å². The zero-order valence-electron chi connectivity index (χ0n) is 13.6. The molecular weight excluding hydrogens is 292 g/mol. The summed E-state index contributed by atoms with van der Waals surface area (Å²) in [6.07, 6.45) is 4.88. The average molecular weight is 318 g/mol. The molecule has 2 aliphatic carbocycles. The van der Waals surface area contributed by atoms with Gasteiger partial charge in [-0.15, -0.1) is 0 Å². The summed E-state index contributed by atoms with van der Waals surface area (Å²) in [6, 6.07) is 10.1. The van der Waals surface area contributed by atoms with Crippen LogP contribution in [0.15, 0.2) is 42.0 Å². The highest BCUT2D eigenvalue weighted by Gasteiger charge is 2.49. The van der Waals surface area contributed by atoms with Crippen LogP contribution in [0.25, 0.3) is 0 Å². The van der Waals surface area contributed by atoms with Crippen LogP contribution in [-0.4, -0.2) is 36.3 Å². The zero-order chi connectivity index (χ0) is 16.3. The maximum Gasteiger partial charge on any atom is 0.147 e. The molecule has 0 spiro atoms. The van der Waals surface area contributed by atoms with Crippen LogP contribution in [0.3, 0.4) is 0 Å². The summed E-state index contributed by atoms with van der Waals surface area (Å²) in [4.78, 5) is 0. The molecule has 4 unspecified atom stereocenters. The fourth-order valence-electron chi connectivity index (χ4n) is 4.20. The van der Waals surface area contributed by atoms with Gasteiger partial charge in [-0.2, -0.15) is 0 Å². The van der Waals surface area contributed by atoms with E-state index in [-0.39, 0.29) is 18.3 Å². The van der Waals surface area contributed by atoms with E-state index < -0.39 is 12.2 Å². The van der Waals surface area contributed by atoms with Crippen LogP contribution in [0.5, 0.6) is 0 Å². The topological polar surface area (TPSA) is 58.9 Å². The monoisotopic (exact) mass is 318 g/mol. The van der Waals surface area contributed by atoms with Gasteiger partial charge < -0.3 is 19.7 Å². The first-order valence-corrected chi connectivity index (χ1v) is 8.40. The number of aliphatic hydroxyl groups is 2. The molecular formula is C19H26O4. The SMILES string of the molecule is COCOC(c1ccccc1)C12CCCCC1=CC(O)C(O)C2. The van der Waals surface area contributed by atoms with E-state index in [9.17, 15) is 10.2 Å². The van der Waals surface area contributed by atoms with E-state index in [4.69, 9.17) is 9.47 Å². The average Bonchev–Trinajstić information content (AvgIpc) is 2.57. The van der Waals surface area contributed by atoms with Crippen LogP contribution in [-0.2, 0) is 9.47 Å². The third-order valence-electron chi connectivity index (χ3n) is 5.25. The molecule has 1 fully saturated rings. The lowest BCUT2D eigenvalue weighted by Gasteiger charge is -2.49. The van der Waals surface area contributed by atoms with Crippen LogP contribution >= 0.6 is 0 Å². The molecule has 1 aromatic carbocycles. The molecule has 1 saturated carbocycles. The number of aliphatic hydroxyl groups excluding tert-OH is 2. The third-order valence-corrected chi connectivity index (χ3v) is 5.25. The second-order valence-corrected chi connectivity index (χ2v) is 6.68. The van der Waals surface area contributed by atoms with Gasteiger partial charge in [-0.05, 0) is 31.2 Å². The predicted molar refractivity (Wildman–Crippen MR) is 87.8 cm³/mol. The van der Waals surface area contributed by atoms with Crippen LogP contribution in [0.1, 0.15) is 43.8 Å². The largest absolute Gasteiger partial charge is 0.390 e. The first-order chi connectivity index (χ1) is 11.2. The van der Waals surface area contributed by atoms with Gasteiger partial charge >= 0.3 is 0 Å². The summed E-state index contributed by atoms with van der Waals surface area (Å²) in [5.74, 6) is 0. The number of hydrogen-bond donors (Lipinski definition) is 2. The Hall–Kier alpha value is -1.20. The summed E-state index contributed by atoms with van der Waals surface area (Å²) in [5.41, 5.74) is 2.07. The normalized spacial score (nSPS) is 32.0. The van der Waals surface area contributed by atoms with Gasteiger partial charge in [0.15, 0.2) is 0 Å². The molecule has 23 heavy (non-hydrogen) atoms. The summed E-state index contributed by atoms with van der Waals surface area (Å²) in [7, 11) is 1.62. The molecule has 2 N–H and O–H groups in total. The Morgan fingerprint density at radius 2 is 2.00 bits per heavy atom. The van der Waals surface area contributed by atoms with E-state index >= 15 is 0 Å². The Kier molecular flexibility index (Phi) is 5.17. The number of fused-ring (bicyclic) bond motifs is 1. The molecule has 0 bridgehead atoms. The number of ether oxygens (including phenoxy) is 2. The van der Waals surface area contributed by atoms with Crippen molar-refractivity contribution in [1.82, 2.24) is 0 Å². The van der Waals surface area contributed by atoms with E-state index in [0.29, 0.717) is 6.42 Å². The fourth-order valence-corrected chi connectivity index (χ4v) is 4.20. The van der Waals surface area contributed by atoms with Crippen LogP contribution in [0.2, 0.25) is 0 Å². The Labute approximate surface area is 137 Å². The smallest absolute Gasteiger partial charge is 0.147 e. The van der Waals surface area contributed by atoms with Gasteiger partial charge in [0, 0.05) is 12.5 Å². The highest BCUT2D eigenvalue weighted by Crippen LogP contribution is 2.56. The standard InChI is InChI=1S/C19H26O4/c1-22-13-23-18(14-7-3-2-4-8-14)19-10-6-5-9-15(19)11-16(20)17(21)12-19/h2-4,7-8,11,16-18,20-21H,5-6,9-10,12-13H2,1H3. The first kappa shape index (κ1) is 16.7. The Bertz CT molecular complexity index is 542.